The molecule has 0 amide bonds. The molecule has 0 bridgehead atoms. The van der Waals surface area contributed by atoms with Crippen molar-refractivity contribution in [3.63, 3.8) is 0 Å². The molecular weight excluding hydrogens is 515 g/mol. The van der Waals surface area contributed by atoms with Gasteiger partial charge in [0.1, 0.15) is 0 Å². The van der Waals surface area contributed by atoms with E-state index in [1.165, 1.54) is 6.26 Å². The molecule has 1 heterocycles. The molecule has 0 aliphatic rings. The van der Waals surface area contributed by atoms with E-state index in [9.17, 15) is 8.42 Å². The third kappa shape index (κ3) is 9.29. The quantitative estimate of drug-likeness (QED) is 0.270. The van der Waals surface area contributed by atoms with Crippen LogP contribution >= 0.6 is 24.0 Å². The van der Waals surface area contributed by atoms with E-state index in [-0.39, 0.29) is 24.0 Å². The largest absolute Gasteiger partial charge is 0.478 e. The second-order valence-electron chi connectivity index (χ2n) is 6.64. The van der Waals surface area contributed by atoms with Crippen molar-refractivity contribution in [2.75, 3.05) is 26.0 Å². The molecule has 7 nitrogen and oxygen atoms in total. The van der Waals surface area contributed by atoms with Gasteiger partial charge in [-0.3, -0.25) is 0 Å². The number of hydrogen-bond acceptors (Lipinski definition) is 5. The highest BCUT2D eigenvalue weighted by Crippen LogP contribution is 2.11. The van der Waals surface area contributed by atoms with Crippen LogP contribution in [0.25, 0.3) is 0 Å². The Morgan fingerprint density at radius 3 is 2.33 bits per heavy atom. The minimum Gasteiger partial charge on any atom is -0.478 e. The molecule has 0 unspecified atom stereocenters. The number of aromatic nitrogens is 1. The fraction of sp³-hybridized carbons (Fsp3) is 0.429. The smallest absolute Gasteiger partial charge is 0.213 e. The third-order valence-electron chi connectivity index (χ3n) is 4.07. The highest BCUT2D eigenvalue weighted by atomic mass is 127. The van der Waals surface area contributed by atoms with Crippen LogP contribution in [0, 0.1) is 0 Å². The van der Waals surface area contributed by atoms with Crippen molar-refractivity contribution in [2.45, 2.75) is 38.1 Å². The van der Waals surface area contributed by atoms with E-state index in [4.69, 9.17) is 4.74 Å². The molecule has 0 fully saturated rings. The molecule has 0 radical (unpaired) electrons. The summed E-state index contributed by atoms with van der Waals surface area (Å²) >= 11 is 0. The lowest BCUT2D eigenvalue weighted by Gasteiger charge is -2.11. The van der Waals surface area contributed by atoms with E-state index in [0.717, 1.165) is 36.5 Å². The van der Waals surface area contributed by atoms with Gasteiger partial charge in [0, 0.05) is 31.6 Å². The Morgan fingerprint density at radius 2 is 1.77 bits per heavy atom. The first-order valence-electron chi connectivity index (χ1n) is 9.81. The van der Waals surface area contributed by atoms with Gasteiger partial charge in [0.05, 0.1) is 18.0 Å². The first-order chi connectivity index (χ1) is 13.9. The molecule has 2 N–H and O–H groups in total. The molecule has 0 aliphatic carbocycles. The summed E-state index contributed by atoms with van der Waals surface area (Å²) in [6.07, 6.45) is 4.71. The van der Waals surface area contributed by atoms with E-state index in [0.29, 0.717) is 30.5 Å². The van der Waals surface area contributed by atoms with Gasteiger partial charge in [-0.15, -0.1) is 24.0 Å². The standard InChI is InChI=1S/C21H30N4O3S.HI/c1-4-14-28-20-11-8-18(15-24-20)16-25-21(22-5-2)23-13-12-17-6-9-19(10-7-17)29(3,26)27;/h6-11,15H,4-5,12-14,16H2,1-3H3,(H2,22,23,25);1H. The normalized spacial score (nSPS) is 11.5. The monoisotopic (exact) mass is 546 g/mol. The number of benzene rings is 1. The number of hydrogen-bond donors (Lipinski definition) is 2. The van der Waals surface area contributed by atoms with Gasteiger partial charge < -0.3 is 15.4 Å². The molecule has 0 atom stereocenters. The summed E-state index contributed by atoms with van der Waals surface area (Å²) in [5, 5.41) is 6.52. The van der Waals surface area contributed by atoms with Gasteiger partial charge in [0.15, 0.2) is 15.8 Å². The van der Waals surface area contributed by atoms with E-state index in [1.54, 1.807) is 18.3 Å². The number of nitrogens with one attached hydrogen (secondary N) is 2. The Bertz CT molecular complexity index is 885. The number of nitrogens with zero attached hydrogens (tertiary/aromatic N) is 2. The lowest BCUT2D eigenvalue weighted by molar-refractivity contribution is 0.305. The topological polar surface area (TPSA) is 92.7 Å². The summed E-state index contributed by atoms with van der Waals surface area (Å²) in [6.45, 7) is 6.70. The van der Waals surface area contributed by atoms with Crippen LogP contribution in [0.3, 0.4) is 0 Å². The predicted molar refractivity (Wildman–Crippen MR) is 132 cm³/mol. The molecular formula is C21H31IN4O3S. The van der Waals surface area contributed by atoms with Gasteiger partial charge >= 0.3 is 0 Å². The van der Waals surface area contributed by atoms with Crippen LogP contribution in [0.2, 0.25) is 0 Å². The summed E-state index contributed by atoms with van der Waals surface area (Å²) in [4.78, 5) is 9.22. The maximum absolute atomic E-state index is 11.5. The molecule has 2 aromatic rings. The third-order valence-corrected chi connectivity index (χ3v) is 5.20. The number of pyridine rings is 1. The van der Waals surface area contributed by atoms with E-state index in [1.807, 2.05) is 31.2 Å². The molecule has 9 heteroatoms. The Labute approximate surface area is 196 Å². The second kappa shape index (κ2) is 13.4. The van der Waals surface area contributed by atoms with E-state index < -0.39 is 9.84 Å². The number of sulfone groups is 1. The van der Waals surface area contributed by atoms with E-state index in [2.05, 4.69) is 27.5 Å². The zero-order chi connectivity index (χ0) is 21.1. The number of aliphatic imine (C=N–C) groups is 1. The molecule has 0 spiro atoms. The van der Waals surface area contributed by atoms with E-state index >= 15 is 0 Å². The average molecular weight is 546 g/mol. The van der Waals surface area contributed by atoms with Crippen LogP contribution < -0.4 is 15.4 Å². The van der Waals surface area contributed by atoms with Gasteiger partial charge in [-0.05, 0) is 43.0 Å². The maximum atomic E-state index is 11.5. The van der Waals surface area contributed by atoms with Crippen molar-refractivity contribution >= 4 is 39.8 Å². The van der Waals surface area contributed by atoms with Crippen LogP contribution in [-0.2, 0) is 22.8 Å². The van der Waals surface area contributed by atoms with Crippen molar-refractivity contribution in [3.05, 3.63) is 53.7 Å². The maximum Gasteiger partial charge on any atom is 0.213 e. The Hall–Kier alpha value is -1.88. The zero-order valence-corrected chi connectivity index (χ0v) is 20.9. The Kier molecular flexibility index (Phi) is 11.7. The molecule has 0 saturated heterocycles. The fourth-order valence-electron chi connectivity index (χ4n) is 2.54. The van der Waals surface area contributed by atoms with Gasteiger partial charge in [-0.1, -0.05) is 25.1 Å². The average Bonchev–Trinajstić information content (AvgIpc) is 2.71. The molecule has 0 saturated carbocycles. The van der Waals surface area contributed by atoms with Crippen LogP contribution in [0.4, 0.5) is 0 Å². The summed E-state index contributed by atoms with van der Waals surface area (Å²) in [5.74, 6) is 1.36. The van der Waals surface area contributed by atoms with Crippen LogP contribution in [-0.4, -0.2) is 45.3 Å². The minimum atomic E-state index is -3.16. The number of guanidine groups is 1. The fourth-order valence-corrected chi connectivity index (χ4v) is 3.17. The van der Waals surface area contributed by atoms with Gasteiger partial charge in [0.25, 0.3) is 0 Å². The predicted octanol–water partition coefficient (Wildman–Crippen LogP) is 3.19. The van der Waals surface area contributed by atoms with Gasteiger partial charge in [-0.2, -0.15) is 0 Å². The highest BCUT2D eigenvalue weighted by Gasteiger charge is 2.06. The van der Waals surface area contributed by atoms with Crippen LogP contribution in [0.1, 0.15) is 31.4 Å². The molecule has 0 aliphatic heterocycles. The number of halogens is 1. The van der Waals surface area contributed by atoms with Crippen molar-refractivity contribution in [1.82, 2.24) is 15.6 Å². The molecule has 30 heavy (non-hydrogen) atoms. The summed E-state index contributed by atoms with van der Waals surface area (Å²) in [6, 6.07) is 10.8. The van der Waals surface area contributed by atoms with Crippen LogP contribution in [0.5, 0.6) is 5.88 Å². The van der Waals surface area contributed by atoms with Crippen molar-refractivity contribution in [2.24, 2.45) is 4.99 Å². The van der Waals surface area contributed by atoms with Crippen LogP contribution in [0.15, 0.2) is 52.5 Å². The van der Waals surface area contributed by atoms with Crippen molar-refractivity contribution in [3.8, 4) is 5.88 Å². The van der Waals surface area contributed by atoms with Gasteiger partial charge in [-0.25, -0.2) is 18.4 Å². The minimum absolute atomic E-state index is 0. The zero-order valence-electron chi connectivity index (χ0n) is 17.7. The first kappa shape index (κ1) is 26.2. The Morgan fingerprint density at radius 1 is 1.07 bits per heavy atom. The molecule has 2 rings (SSSR count). The first-order valence-corrected chi connectivity index (χ1v) is 11.7. The highest BCUT2D eigenvalue weighted by molar-refractivity contribution is 14.0. The van der Waals surface area contributed by atoms with Gasteiger partial charge in [0.2, 0.25) is 5.88 Å². The molecule has 166 valence electrons. The summed E-state index contributed by atoms with van der Waals surface area (Å²) in [5.41, 5.74) is 2.06. The summed E-state index contributed by atoms with van der Waals surface area (Å²) < 4.78 is 28.5. The van der Waals surface area contributed by atoms with Crippen molar-refractivity contribution < 1.29 is 13.2 Å². The lowest BCUT2D eigenvalue weighted by atomic mass is 10.1. The SMILES string of the molecule is CCCOc1ccc(CN=C(NCC)NCCc2ccc(S(C)(=O)=O)cc2)cn1.I. The lowest BCUT2D eigenvalue weighted by Crippen LogP contribution is -2.38. The Balaban J connectivity index is 0.00000450. The molecule has 1 aromatic carbocycles. The number of ether oxygens (including phenoxy) is 1. The van der Waals surface area contributed by atoms with Crippen molar-refractivity contribution in [1.29, 1.82) is 0 Å². The second-order valence-corrected chi connectivity index (χ2v) is 8.66. The number of rotatable bonds is 10. The molecule has 1 aromatic heterocycles. The summed E-state index contributed by atoms with van der Waals surface area (Å²) in [7, 11) is -3.16.